The van der Waals surface area contributed by atoms with Crippen LogP contribution in [0.25, 0.3) is 28.1 Å². The van der Waals surface area contributed by atoms with Crippen molar-refractivity contribution >= 4 is 45.5 Å². The number of aromatic nitrogens is 1. The minimum atomic E-state index is -0.161. The second kappa shape index (κ2) is 8.11. The molecular formula is C26H17N3O3S. The van der Waals surface area contributed by atoms with Gasteiger partial charge in [-0.2, -0.15) is 0 Å². The summed E-state index contributed by atoms with van der Waals surface area (Å²) < 4.78 is 10.9. The van der Waals surface area contributed by atoms with Crippen LogP contribution in [-0.2, 0) is 4.79 Å². The molecule has 1 amide bonds. The van der Waals surface area contributed by atoms with Gasteiger partial charge in [-0.25, -0.2) is 4.99 Å². The summed E-state index contributed by atoms with van der Waals surface area (Å²) in [4.78, 5) is 22.3. The molecule has 2 aliphatic rings. The van der Waals surface area contributed by atoms with Crippen LogP contribution >= 0.6 is 11.8 Å². The first-order valence-electron chi connectivity index (χ1n) is 10.4. The van der Waals surface area contributed by atoms with Crippen molar-refractivity contribution in [2.24, 2.45) is 4.99 Å². The van der Waals surface area contributed by atoms with Crippen molar-refractivity contribution in [1.29, 1.82) is 0 Å². The van der Waals surface area contributed by atoms with E-state index in [2.05, 4.69) is 10.3 Å². The summed E-state index contributed by atoms with van der Waals surface area (Å²) in [5.74, 6) is 1.29. The summed E-state index contributed by atoms with van der Waals surface area (Å²) in [6.45, 7) is 0.230. The summed E-state index contributed by atoms with van der Waals surface area (Å²) in [6.07, 6.45) is 3.64. The van der Waals surface area contributed by atoms with Crippen molar-refractivity contribution in [3.05, 3.63) is 89.5 Å². The van der Waals surface area contributed by atoms with Crippen molar-refractivity contribution in [3.8, 4) is 22.6 Å². The second-order valence-corrected chi connectivity index (χ2v) is 8.55. The van der Waals surface area contributed by atoms with E-state index in [0.717, 1.165) is 39.0 Å². The van der Waals surface area contributed by atoms with Crippen LogP contribution in [0.3, 0.4) is 0 Å². The first kappa shape index (κ1) is 19.6. The highest BCUT2D eigenvalue weighted by molar-refractivity contribution is 8.18. The number of carbonyl (C=O) groups excluding carboxylic acids is 1. The van der Waals surface area contributed by atoms with E-state index in [1.165, 1.54) is 11.8 Å². The van der Waals surface area contributed by atoms with Gasteiger partial charge in [0.1, 0.15) is 0 Å². The third-order valence-electron chi connectivity index (χ3n) is 5.39. The number of fused-ring (bicyclic) bond motifs is 2. The maximum Gasteiger partial charge on any atom is 0.264 e. The largest absolute Gasteiger partial charge is 0.454 e. The zero-order valence-electron chi connectivity index (χ0n) is 17.3. The molecule has 0 atom stereocenters. The number of carbonyl (C=O) groups is 1. The molecule has 1 fully saturated rings. The van der Waals surface area contributed by atoms with Gasteiger partial charge in [0.05, 0.1) is 16.1 Å². The molecule has 0 saturated carbocycles. The van der Waals surface area contributed by atoms with E-state index in [9.17, 15) is 4.79 Å². The van der Waals surface area contributed by atoms with Gasteiger partial charge in [-0.05, 0) is 65.4 Å². The fourth-order valence-corrected chi connectivity index (χ4v) is 4.64. The Bertz CT molecular complexity index is 1480. The van der Waals surface area contributed by atoms with Gasteiger partial charge in [-0.1, -0.05) is 36.4 Å². The highest BCUT2D eigenvalue weighted by Crippen LogP contribution is 2.39. The highest BCUT2D eigenvalue weighted by atomic mass is 32.2. The van der Waals surface area contributed by atoms with Gasteiger partial charge in [-0.3, -0.25) is 9.78 Å². The van der Waals surface area contributed by atoms with Crippen molar-refractivity contribution < 1.29 is 14.3 Å². The van der Waals surface area contributed by atoms with E-state index < -0.39 is 0 Å². The van der Waals surface area contributed by atoms with Gasteiger partial charge in [-0.15, -0.1) is 0 Å². The zero-order chi connectivity index (χ0) is 22.2. The van der Waals surface area contributed by atoms with Gasteiger partial charge >= 0.3 is 0 Å². The average Bonchev–Trinajstić information content (AvgIpc) is 3.45. The highest BCUT2D eigenvalue weighted by Gasteiger charge is 2.24. The molecule has 6 rings (SSSR count). The minimum absolute atomic E-state index is 0.161. The van der Waals surface area contributed by atoms with Crippen molar-refractivity contribution in [1.82, 2.24) is 10.3 Å². The molecular weight excluding hydrogens is 434 g/mol. The lowest BCUT2D eigenvalue weighted by molar-refractivity contribution is -0.115. The van der Waals surface area contributed by atoms with Crippen molar-refractivity contribution in [2.45, 2.75) is 0 Å². The second-order valence-electron chi connectivity index (χ2n) is 7.52. The zero-order valence-corrected chi connectivity index (χ0v) is 18.1. The molecule has 3 heterocycles. The lowest BCUT2D eigenvalue weighted by Crippen LogP contribution is -2.19. The van der Waals surface area contributed by atoms with Crippen LogP contribution < -0.4 is 14.8 Å². The Hall–Kier alpha value is -4.10. The average molecular weight is 452 g/mol. The van der Waals surface area contributed by atoms with E-state index in [-0.39, 0.29) is 12.7 Å². The number of rotatable bonds is 3. The molecule has 33 heavy (non-hydrogen) atoms. The standard InChI is InChI=1S/C26H17N3O3S/c30-25-24(13-16-7-9-20-18(12-16)4-3-11-27-20)33-26(29-25)28-21-6-2-1-5-19(21)17-8-10-22-23(14-17)32-15-31-22/h1-14H,15H2,(H,28,29,30)/b24-13-. The number of ether oxygens (including phenoxy) is 2. The smallest absolute Gasteiger partial charge is 0.264 e. The first-order valence-corrected chi connectivity index (χ1v) is 11.2. The molecule has 1 aromatic heterocycles. The van der Waals surface area contributed by atoms with Crippen molar-refractivity contribution in [3.63, 3.8) is 0 Å². The third-order valence-corrected chi connectivity index (χ3v) is 6.30. The SMILES string of the molecule is O=C1NC(=Nc2ccccc2-c2ccc3c(c2)OCO3)S/C1=C\c1ccc2ncccc2c1. The molecule has 3 aromatic carbocycles. The summed E-state index contributed by atoms with van der Waals surface area (Å²) in [6, 6.07) is 23.5. The molecule has 6 nitrogen and oxygen atoms in total. The van der Waals surface area contributed by atoms with Crippen LogP contribution in [-0.4, -0.2) is 22.9 Å². The van der Waals surface area contributed by atoms with Gasteiger partial charge < -0.3 is 14.8 Å². The molecule has 0 unspecified atom stereocenters. The van der Waals surface area contributed by atoms with E-state index in [4.69, 9.17) is 14.5 Å². The number of aliphatic imine (C=N–C) groups is 1. The van der Waals surface area contributed by atoms with E-state index >= 15 is 0 Å². The fraction of sp³-hybridized carbons (Fsp3) is 0.0385. The number of hydrogen-bond donors (Lipinski definition) is 1. The molecule has 2 aliphatic heterocycles. The van der Waals surface area contributed by atoms with Crippen LogP contribution in [0.15, 0.2) is 88.9 Å². The molecule has 1 N–H and O–H groups in total. The van der Waals surface area contributed by atoms with Crippen LogP contribution in [0, 0.1) is 0 Å². The number of amidine groups is 1. The number of para-hydroxylation sites is 1. The number of benzene rings is 3. The summed E-state index contributed by atoms with van der Waals surface area (Å²) in [5, 5.41) is 4.45. The van der Waals surface area contributed by atoms with Crippen LogP contribution in [0.2, 0.25) is 0 Å². The predicted octanol–water partition coefficient (Wildman–Crippen LogP) is 5.52. The van der Waals surface area contributed by atoms with Crippen LogP contribution in [0.5, 0.6) is 11.5 Å². The maximum atomic E-state index is 12.6. The number of amides is 1. The third kappa shape index (κ3) is 3.83. The monoisotopic (exact) mass is 451 g/mol. The quantitative estimate of drug-likeness (QED) is 0.415. The molecule has 4 aromatic rings. The number of nitrogens with one attached hydrogen (secondary N) is 1. The molecule has 0 radical (unpaired) electrons. The Kier molecular flexibility index (Phi) is 4.81. The number of pyridine rings is 1. The first-order chi connectivity index (χ1) is 16.2. The van der Waals surface area contributed by atoms with Gasteiger partial charge in [0.2, 0.25) is 6.79 Å². The fourth-order valence-electron chi connectivity index (χ4n) is 3.80. The summed E-state index contributed by atoms with van der Waals surface area (Å²) >= 11 is 1.33. The minimum Gasteiger partial charge on any atom is -0.454 e. The molecule has 0 bridgehead atoms. The Morgan fingerprint density at radius 1 is 0.970 bits per heavy atom. The molecule has 160 valence electrons. The number of hydrogen-bond acceptors (Lipinski definition) is 6. The van der Waals surface area contributed by atoms with Crippen LogP contribution in [0.4, 0.5) is 5.69 Å². The summed E-state index contributed by atoms with van der Waals surface area (Å²) in [5.41, 5.74) is 4.53. The van der Waals surface area contributed by atoms with Gasteiger partial charge in [0.15, 0.2) is 16.7 Å². The lowest BCUT2D eigenvalue weighted by Gasteiger charge is -2.07. The van der Waals surface area contributed by atoms with E-state index in [1.54, 1.807) is 6.20 Å². The Morgan fingerprint density at radius 2 is 1.88 bits per heavy atom. The topological polar surface area (TPSA) is 72.8 Å². The van der Waals surface area contributed by atoms with Crippen molar-refractivity contribution in [2.75, 3.05) is 6.79 Å². The van der Waals surface area contributed by atoms with E-state index in [1.807, 2.05) is 78.9 Å². The molecule has 1 saturated heterocycles. The van der Waals surface area contributed by atoms with Crippen LogP contribution in [0.1, 0.15) is 5.56 Å². The van der Waals surface area contributed by atoms with E-state index in [0.29, 0.717) is 15.8 Å². The Labute approximate surface area is 194 Å². The maximum absolute atomic E-state index is 12.6. The number of thioether (sulfide) groups is 1. The Morgan fingerprint density at radius 3 is 2.85 bits per heavy atom. The lowest BCUT2D eigenvalue weighted by atomic mass is 10.0. The molecule has 7 heteroatoms. The number of nitrogens with zero attached hydrogens (tertiary/aromatic N) is 2. The molecule has 0 spiro atoms. The normalized spacial score (nSPS) is 17.2. The molecule has 0 aliphatic carbocycles. The van der Waals surface area contributed by atoms with Gasteiger partial charge in [0.25, 0.3) is 5.91 Å². The summed E-state index contributed by atoms with van der Waals surface area (Å²) in [7, 11) is 0. The van der Waals surface area contributed by atoms with Gasteiger partial charge in [0, 0.05) is 17.1 Å². The predicted molar refractivity (Wildman–Crippen MR) is 131 cm³/mol. The Balaban J connectivity index is 1.30.